The number of nitrogens with zero attached hydrogens (tertiary/aromatic N) is 1. The lowest BCUT2D eigenvalue weighted by Gasteiger charge is -2.09. The molecule has 0 spiro atoms. The molecule has 0 aliphatic carbocycles. The zero-order valence-electron chi connectivity index (χ0n) is 8.34. The first-order valence-electron chi connectivity index (χ1n) is 4.27. The highest BCUT2D eigenvalue weighted by molar-refractivity contribution is 14.1. The number of aromatic nitrogens is 1. The van der Waals surface area contributed by atoms with Gasteiger partial charge in [-0.3, -0.25) is 0 Å². The summed E-state index contributed by atoms with van der Waals surface area (Å²) in [6, 6.07) is 1.15. The predicted molar refractivity (Wildman–Crippen MR) is 61.1 cm³/mol. The number of hydrogen-bond acceptors (Lipinski definition) is 4. The van der Waals surface area contributed by atoms with Crippen LogP contribution < -0.4 is 5.73 Å². The van der Waals surface area contributed by atoms with E-state index in [1.165, 1.54) is 7.11 Å². The molecule has 1 aromatic rings. The van der Waals surface area contributed by atoms with Gasteiger partial charge in [-0.2, -0.15) is 0 Å². The van der Waals surface area contributed by atoms with Gasteiger partial charge in [-0.1, -0.05) is 0 Å². The number of esters is 1. The number of halogens is 3. The number of pyridine rings is 1. The van der Waals surface area contributed by atoms with Crippen molar-refractivity contribution in [1.82, 2.24) is 4.98 Å². The molecule has 7 heteroatoms. The SMILES string of the molecule is COC(=O)c1c(I)cc(C(F)F)nc1CN. The van der Waals surface area contributed by atoms with Crippen molar-refractivity contribution >= 4 is 28.6 Å². The van der Waals surface area contributed by atoms with Crippen LogP contribution >= 0.6 is 22.6 Å². The van der Waals surface area contributed by atoms with Gasteiger partial charge in [0.2, 0.25) is 0 Å². The quantitative estimate of drug-likeness (QED) is 0.673. The fourth-order valence-corrected chi connectivity index (χ4v) is 2.01. The van der Waals surface area contributed by atoms with E-state index < -0.39 is 18.1 Å². The Labute approximate surface area is 104 Å². The number of rotatable bonds is 3. The first kappa shape index (κ1) is 13.2. The van der Waals surface area contributed by atoms with E-state index >= 15 is 0 Å². The molecule has 1 aromatic heterocycles. The molecule has 0 saturated heterocycles. The summed E-state index contributed by atoms with van der Waals surface area (Å²) in [7, 11) is 1.21. The van der Waals surface area contributed by atoms with Crippen LogP contribution in [-0.2, 0) is 11.3 Å². The lowest BCUT2D eigenvalue weighted by Crippen LogP contribution is -2.14. The molecule has 0 aromatic carbocycles. The lowest BCUT2D eigenvalue weighted by atomic mass is 10.1. The molecule has 88 valence electrons. The van der Waals surface area contributed by atoms with Gasteiger partial charge in [0.1, 0.15) is 5.69 Å². The van der Waals surface area contributed by atoms with Gasteiger partial charge in [-0.05, 0) is 28.7 Å². The third-order valence-electron chi connectivity index (χ3n) is 1.87. The van der Waals surface area contributed by atoms with Crippen LogP contribution in [0, 0.1) is 3.57 Å². The minimum Gasteiger partial charge on any atom is -0.465 e. The van der Waals surface area contributed by atoms with Crippen molar-refractivity contribution in [2.45, 2.75) is 13.0 Å². The summed E-state index contributed by atoms with van der Waals surface area (Å²) in [5.41, 5.74) is 5.24. The molecule has 0 amide bonds. The Hall–Kier alpha value is -0.830. The maximum Gasteiger partial charge on any atom is 0.340 e. The lowest BCUT2D eigenvalue weighted by molar-refractivity contribution is 0.0597. The van der Waals surface area contributed by atoms with Crippen LogP contribution in [0.3, 0.4) is 0 Å². The van der Waals surface area contributed by atoms with Crippen molar-refractivity contribution < 1.29 is 18.3 Å². The van der Waals surface area contributed by atoms with Crippen molar-refractivity contribution in [2.24, 2.45) is 5.73 Å². The van der Waals surface area contributed by atoms with E-state index in [1.807, 2.05) is 0 Å². The number of carbonyl (C=O) groups excluding carboxylic acids is 1. The number of carbonyl (C=O) groups is 1. The molecule has 0 atom stereocenters. The molecular weight excluding hydrogens is 333 g/mol. The molecule has 0 unspecified atom stereocenters. The second-order valence-electron chi connectivity index (χ2n) is 2.85. The maximum absolute atomic E-state index is 12.5. The summed E-state index contributed by atoms with van der Waals surface area (Å²) in [5, 5.41) is 0. The first-order chi connectivity index (χ1) is 7.51. The summed E-state index contributed by atoms with van der Waals surface area (Å²) in [5.74, 6) is -0.627. The second kappa shape index (κ2) is 5.48. The Balaban J connectivity index is 3.34. The highest BCUT2D eigenvalue weighted by Crippen LogP contribution is 2.23. The Bertz CT molecular complexity index is 413. The first-order valence-corrected chi connectivity index (χ1v) is 5.35. The fraction of sp³-hybridized carbons (Fsp3) is 0.333. The molecule has 1 rings (SSSR count). The number of methoxy groups -OCH3 is 1. The Morgan fingerprint density at radius 3 is 2.75 bits per heavy atom. The van der Waals surface area contributed by atoms with Crippen molar-refractivity contribution in [3.63, 3.8) is 0 Å². The highest BCUT2D eigenvalue weighted by Gasteiger charge is 2.20. The van der Waals surface area contributed by atoms with Gasteiger partial charge in [-0.25, -0.2) is 18.6 Å². The largest absolute Gasteiger partial charge is 0.465 e. The van der Waals surface area contributed by atoms with Crippen molar-refractivity contribution in [3.8, 4) is 0 Å². The van der Waals surface area contributed by atoms with Gasteiger partial charge in [0.15, 0.2) is 0 Å². The smallest absolute Gasteiger partial charge is 0.340 e. The molecule has 0 fully saturated rings. The van der Waals surface area contributed by atoms with Crippen molar-refractivity contribution in [1.29, 1.82) is 0 Å². The van der Waals surface area contributed by atoms with E-state index in [4.69, 9.17) is 5.73 Å². The average molecular weight is 342 g/mol. The van der Waals surface area contributed by atoms with Crippen LogP contribution in [0.1, 0.15) is 28.2 Å². The normalized spacial score (nSPS) is 10.6. The van der Waals surface area contributed by atoms with Crippen LogP contribution in [0.4, 0.5) is 8.78 Å². The highest BCUT2D eigenvalue weighted by atomic mass is 127. The number of ether oxygens (including phenoxy) is 1. The maximum atomic E-state index is 12.5. The van der Waals surface area contributed by atoms with E-state index in [2.05, 4.69) is 9.72 Å². The van der Waals surface area contributed by atoms with Crippen LogP contribution in [-0.4, -0.2) is 18.1 Å². The number of alkyl halides is 2. The Kier molecular flexibility index (Phi) is 4.54. The molecule has 0 aliphatic rings. The van der Waals surface area contributed by atoms with E-state index in [9.17, 15) is 13.6 Å². The second-order valence-corrected chi connectivity index (χ2v) is 4.01. The molecule has 0 bridgehead atoms. The van der Waals surface area contributed by atoms with Gasteiger partial charge in [0.05, 0.1) is 18.4 Å². The van der Waals surface area contributed by atoms with Gasteiger partial charge < -0.3 is 10.5 Å². The Morgan fingerprint density at radius 2 is 2.31 bits per heavy atom. The summed E-state index contributed by atoms with van der Waals surface area (Å²) in [6.45, 7) is -0.0962. The number of nitrogens with two attached hydrogens (primary N) is 1. The fourth-order valence-electron chi connectivity index (χ4n) is 1.16. The minimum absolute atomic E-state index is 0.0962. The Morgan fingerprint density at radius 1 is 1.69 bits per heavy atom. The van der Waals surface area contributed by atoms with E-state index in [-0.39, 0.29) is 17.8 Å². The summed E-state index contributed by atoms with van der Waals surface area (Å²) in [6.07, 6.45) is -2.69. The summed E-state index contributed by atoms with van der Waals surface area (Å²) in [4.78, 5) is 15.0. The zero-order valence-corrected chi connectivity index (χ0v) is 10.5. The van der Waals surface area contributed by atoms with Gasteiger partial charge >= 0.3 is 5.97 Å². The standard InChI is InChI=1S/C9H9F2IN2O2/c1-16-9(15)7-4(12)2-5(8(10)11)14-6(7)3-13/h2,8H,3,13H2,1H3. The molecule has 0 aliphatic heterocycles. The molecule has 0 saturated carbocycles. The molecule has 2 N–H and O–H groups in total. The third kappa shape index (κ3) is 2.64. The van der Waals surface area contributed by atoms with Crippen molar-refractivity contribution in [2.75, 3.05) is 7.11 Å². The van der Waals surface area contributed by atoms with Gasteiger partial charge in [0, 0.05) is 10.1 Å². The predicted octanol–water partition coefficient (Wildman–Crippen LogP) is 1.87. The van der Waals surface area contributed by atoms with E-state index in [1.54, 1.807) is 22.6 Å². The molecule has 1 heterocycles. The molecule has 4 nitrogen and oxygen atoms in total. The zero-order chi connectivity index (χ0) is 12.3. The molecule has 16 heavy (non-hydrogen) atoms. The van der Waals surface area contributed by atoms with Crippen molar-refractivity contribution in [3.05, 3.63) is 26.6 Å². The third-order valence-corrected chi connectivity index (χ3v) is 2.72. The summed E-state index contributed by atoms with van der Waals surface area (Å²) >= 11 is 1.78. The van der Waals surface area contributed by atoms with Gasteiger partial charge in [-0.15, -0.1) is 0 Å². The number of hydrogen-bond donors (Lipinski definition) is 1. The molecular formula is C9H9F2IN2O2. The minimum atomic E-state index is -2.69. The molecule has 0 radical (unpaired) electrons. The summed E-state index contributed by atoms with van der Waals surface area (Å²) < 4.78 is 29.8. The monoisotopic (exact) mass is 342 g/mol. The van der Waals surface area contributed by atoms with E-state index in [0.717, 1.165) is 6.07 Å². The van der Waals surface area contributed by atoms with Crippen LogP contribution in [0.15, 0.2) is 6.07 Å². The van der Waals surface area contributed by atoms with Crippen LogP contribution in [0.5, 0.6) is 0 Å². The topological polar surface area (TPSA) is 65.2 Å². The van der Waals surface area contributed by atoms with Gasteiger partial charge in [0.25, 0.3) is 6.43 Å². The van der Waals surface area contributed by atoms with Crippen LogP contribution in [0.2, 0.25) is 0 Å². The van der Waals surface area contributed by atoms with E-state index in [0.29, 0.717) is 3.57 Å². The van der Waals surface area contributed by atoms with Crippen LogP contribution in [0.25, 0.3) is 0 Å². The average Bonchev–Trinajstić information content (AvgIpc) is 2.26.